The van der Waals surface area contributed by atoms with Crippen LogP contribution in [0.25, 0.3) is 0 Å². The summed E-state index contributed by atoms with van der Waals surface area (Å²) in [4.78, 5) is 29.0. The minimum Gasteiger partial charge on any atom is -0.350 e. The first kappa shape index (κ1) is 27.1. The smallest absolute Gasteiger partial charge is 0.243 e. The fourth-order valence-electron chi connectivity index (χ4n) is 4.23. The van der Waals surface area contributed by atoms with Gasteiger partial charge in [0.25, 0.3) is 0 Å². The van der Waals surface area contributed by atoms with Crippen LogP contribution in [-0.4, -0.2) is 22.8 Å². The highest BCUT2D eigenvalue weighted by atomic mass is 35.5. The van der Waals surface area contributed by atoms with Crippen molar-refractivity contribution < 1.29 is 14.0 Å². The summed E-state index contributed by atoms with van der Waals surface area (Å²) in [6, 6.07) is 29.9. The second kappa shape index (κ2) is 13.0. The van der Waals surface area contributed by atoms with Crippen LogP contribution in [0.3, 0.4) is 0 Å². The van der Waals surface area contributed by atoms with Crippen LogP contribution in [0.4, 0.5) is 4.39 Å². The Bertz CT molecular complexity index is 1340. The lowest BCUT2D eigenvalue weighted by Gasteiger charge is -2.32. The van der Waals surface area contributed by atoms with Crippen molar-refractivity contribution >= 4 is 23.4 Å². The predicted octanol–water partition coefficient (Wildman–Crippen LogP) is 6.29. The molecule has 0 aromatic heterocycles. The largest absolute Gasteiger partial charge is 0.350 e. The van der Waals surface area contributed by atoms with Crippen molar-refractivity contribution in [1.82, 2.24) is 10.2 Å². The molecule has 0 saturated carbocycles. The Hall–Kier alpha value is -3.96. The Balaban J connectivity index is 1.63. The number of benzene rings is 4. The molecule has 1 atom stereocenters. The molecule has 4 rings (SSSR count). The quantitative estimate of drug-likeness (QED) is 0.263. The molecule has 4 aromatic rings. The number of nitrogens with zero attached hydrogens (tertiary/aromatic N) is 1. The van der Waals surface area contributed by atoms with Gasteiger partial charge in [-0.3, -0.25) is 9.59 Å². The Morgan fingerprint density at radius 1 is 0.789 bits per heavy atom. The Morgan fingerprint density at radius 3 is 2.05 bits per heavy atom. The van der Waals surface area contributed by atoms with Gasteiger partial charge in [-0.25, -0.2) is 4.39 Å². The molecule has 4 aromatic carbocycles. The first-order chi connectivity index (χ1) is 18.4. The maximum atomic E-state index is 13.8. The van der Waals surface area contributed by atoms with Crippen LogP contribution in [0, 0.1) is 12.7 Å². The number of aryl methyl sites for hydroxylation is 1. The van der Waals surface area contributed by atoms with Gasteiger partial charge in [0.15, 0.2) is 0 Å². The first-order valence-corrected chi connectivity index (χ1v) is 12.9. The number of halogens is 2. The van der Waals surface area contributed by atoms with Gasteiger partial charge in [-0.1, -0.05) is 96.0 Å². The number of amides is 2. The van der Waals surface area contributed by atoms with E-state index in [2.05, 4.69) is 5.32 Å². The van der Waals surface area contributed by atoms with E-state index < -0.39 is 6.04 Å². The number of carbonyl (C=O) groups excluding carboxylic acids is 2. The number of nitrogens with one attached hydrogen (secondary N) is 1. The number of hydrogen-bond donors (Lipinski definition) is 1. The van der Waals surface area contributed by atoms with Gasteiger partial charge in [-0.2, -0.15) is 0 Å². The van der Waals surface area contributed by atoms with E-state index in [4.69, 9.17) is 11.6 Å². The SMILES string of the molecule is Cc1ccc(CNC(=O)[C@H](Cc2ccccc2)N(Cc2ccc(F)cc2)C(=O)Cc2ccc(Cl)cc2)cc1. The third-order valence-corrected chi connectivity index (χ3v) is 6.65. The summed E-state index contributed by atoms with van der Waals surface area (Å²) in [5.41, 5.74) is 4.58. The average Bonchev–Trinajstić information content (AvgIpc) is 2.93. The molecule has 0 aliphatic rings. The van der Waals surface area contributed by atoms with Gasteiger partial charge in [0.1, 0.15) is 11.9 Å². The summed E-state index contributed by atoms with van der Waals surface area (Å²) < 4.78 is 13.6. The van der Waals surface area contributed by atoms with E-state index >= 15 is 0 Å². The molecule has 0 aliphatic carbocycles. The molecule has 0 saturated heterocycles. The molecule has 0 unspecified atom stereocenters. The fourth-order valence-corrected chi connectivity index (χ4v) is 4.36. The lowest BCUT2D eigenvalue weighted by molar-refractivity contribution is -0.140. The summed E-state index contributed by atoms with van der Waals surface area (Å²) in [6.07, 6.45) is 0.447. The monoisotopic (exact) mass is 528 g/mol. The number of rotatable bonds is 10. The van der Waals surface area contributed by atoms with E-state index in [-0.39, 0.29) is 30.6 Å². The second-order valence-electron chi connectivity index (χ2n) is 9.36. The van der Waals surface area contributed by atoms with Gasteiger partial charge in [-0.15, -0.1) is 0 Å². The van der Waals surface area contributed by atoms with Gasteiger partial charge in [0.05, 0.1) is 6.42 Å². The van der Waals surface area contributed by atoms with Crippen molar-refractivity contribution in [1.29, 1.82) is 0 Å². The van der Waals surface area contributed by atoms with Gasteiger partial charge in [0.2, 0.25) is 11.8 Å². The molecule has 6 heteroatoms. The third-order valence-electron chi connectivity index (χ3n) is 6.39. The standard InChI is InChI=1S/C32H30ClFN2O2/c1-23-7-9-26(10-8-23)21-35-32(38)30(19-24-5-3-2-4-6-24)36(22-27-13-17-29(34)18-14-27)31(37)20-25-11-15-28(33)16-12-25/h2-18,30H,19-22H2,1H3,(H,35,38)/t30-/m0/s1. The normalized spacial score (nSPS) is 11.6. The molecular weight excluding hydrogens is 499 g/mol. The molecule has 1 N–H and O–H groups in total. The highest BCUT2D eigenvalue weighted by molar-refractivity contribution is 6.30. The molecule has 194 valence electrons. The number of hydrogen-bond acceptors (Lipinski definition) is 2. The van der Waals surface area contributed by atoms with Gasteiger partial charge in [-0.05, 0) is 53.4 Å². The molecule has 2 amide bonds. The molecule has 0 bridgehead atoms. The zero-order valence-corrected chi connectivity index (χ0v) is 22.0. The van der Waals surface area contributed by atoms with E-state index in [1.165, 1.54) is 12.1 Å². The molecule has 38 heavy (non-hydrogen) atoms. The average molecular weight is 529 g/mol. The van der Waals surface area contributed by atoms with Crippen molar-refractivity contribution in [2.75, 3.05) is 0 Å². The summed E-state index contributed by atoms with van der Waals surface area (Å²) in [5, 5.41) is 3.62. The molecule has 4 nitrogen and oxygen atoms in total. The van der Waals surface area contributed by atoms with E-state index in [0.29, 0.717) is 18.0 Å². The van der Waals surface area contributed by atoms with Crippen LogP contribution in [0.1, 0.15) is 27.8 Å². The maximum absolute atomic E-state index is 13.8. The molecule has 0 radical (unpaired) electrons. The zero-order valence-electron chi connectivity index (χ0n) is 21.2. The highest BCUT2D eigenvalue weighted by Gasteiger charge is 2.30. The van der Waals surface area contributed by atoms with Crippen molar-refractivity contribution in [3.8, 4) is 0 Å². The zero-order chi connectivity index (χ0) is 26.9. The lowest BCUT2D eigenvalue weighted by atomic mass is 10.0. The second-order valence-corrected chi connectivity index (χ2v) is 9.80. The summed E-state index contributed by atoms with van der Waals surface area (Å²) in [5.74, 6) is -0.812. The highest BCUT2D eigenvalue weighted by Crippen LogP contribution is 2.18. The topological polar surface area (TPSA) is 49.4 Å². The van der Waals surface area contributed by atoms with E-state index in [1.54, 1.807) is 41.3 Å². The van der Waals surface area contributed by atoms with E-state index in [0.717, 1.165) is 27.8 Å². The van der Waals surface area contributed by atoms with Crippen LogP contribution in [0.5, 0.6) is 0 Å². The Morgan fingerprint density at radius 2 is 1.39 bits per heavy atom. The summed E-state index contributed by atoms with van der Waals surface area (Å²) >= 11 is 6.03. The molecule has 0 aliphatic heterocycles. The molecule has 0 heterocycles. The van der Waals surface area contributed by atoms with E-state index in [1.807, 2.05) is 61.5 Å². The minimum atomic E-state index is -0.771. The molecular formula is C32H30ClFN2O2. The maximum Gasteiger partial charge on any atom is 0.243 e. The van der Waals surface area contributed by atoms with Crippen LogP contribution in [0.2, 0.25) is 5.02 Å². The van der Waals surface area contributed by atoms with Crippen LogP contribution in [-0.2, 0) is 35.5 Å². The van der Waals surface area contributed by atoms with Crippen molar-refractivity contribution in [3.63, 3.8) is 0 Å². The minimum absolute atomic E-state index is 0.106. The van der Waals surface area contributed by atoms with Crippen molar-refractivity contribution in [3.05, 3.63) is 142 Å². The van der Waals surface area contributed by atoms with Crippen LogP contribution in [0.15, 0.2) is 103 Å². The predicted molar refractivity (Wildman–Crippen MR) is 149 cm³/mol. The summed E-state index contributed by atoms with van der Waals surface area (Å²) in [7, 11) is 0. The molecule has 0 fully saturated rings. The molecule has 0 spiro atoms. The van der Waals surface area contributed by atoms with Gasteiger partial charge < -0.3 is 10.2 Å². The van der Waals surface area contributed by atoms with Gasteiger partial charge >= 0.3 is 0 Å². The fraction of sp³-hybridized carbons (Fsp3) is 0.188. The lowest BCUT2D eigenvalue weighted by Crippen LogP contribution is -2.50. The van der Waals surface area contributed by atoms with Crippen molar-refractivity contribution in [2.45, 2.75) is 38.9 Å². The van der Waals surface area contributed by atoms with Crippen LogP contribution < -0.4 is 5.32 Å². The van der Waals surface area contributed by atoms with Crippen LogP contribution >= 0.6 is 11.6 Å². The van der Waals surface area contributed by atoms with E-state index in [9.17, 15) is 14.0 Å². The summed E-state index contributed by atoms with van der Waals surface area (Å²) in [6.45, 7) is 2.53. The van der Waals surface area contributed by atoms with Crippen molar-refractivity contribution in [2.24, 2.45) is 0 Å². The van der Waals surface area contributed by atoms with Gasteiger partial charge in [0, 0.05) is 24.5 Å². The Kier molecular flexibility index (Phi) is 9.28. The Labute approximate surface area is 228 Å². The third kappa shape index (κ3) is 7.77. The number of carbonyl (C=O) groups is 2. The first-order valence-electron chi connectivity index (χ1n) is 12.5.